The highest BCUT2D eigenvalue weighted by Gasteiger charge is 2.14. The second kappa shape index (κ2) is 10.4. The Morgan fingerprint density at radius 1 is 1.06 bits per heavy atom. The molecule has 0 radical (unpaired) electrons. The number of fused-ring (bicyclic) bond motifs is 1. The monoisotopic (exact) mass is 415 g/mol. The maximum Gasteiger partial charge on any atom is 0.251 e. The number of hydrogen-bond acceptors (Lipinski definition) is 4. The fourth-order valence-corrected chi connectivity index (χ4v) is 3.30. The van der Waals surface area contributed by atoms with Gasteiger partial charge in [-0.3, -0.25) is 4.79 Å². The molecule has 2 aromatic heterocycles. The van der Waals surface area contributed by atoms with Crippen molar-refractivity contribution in [3.63, 3.8) is 0 Å². The van der Waals surface area contributed by atoms with E-state index in [1.807, 2.05) is 53.2 Å². The first kappa shape index (κ1) is 22.0. The number of carbonyl (C=O) groups is 1. The van der Waals surface area contributed by atoms with Crippen LogP contribution in [0.4, 0.5) is 5.95 Å². The van der Waals surface area contributed by atoms with Crippen LogP contribution in [0.5, 0.6) is 0 Å². The van der Waals surface area contributed by atoms with Gasteiger partial charge < -0.3 is 15.6 Å². The fourth-order valence-electron chi connectivity index (χ4n) is 3.30. The average molecular weight is 416 g/mol. The lowest BCUT2D eigenvalue weighted by Crippen LogP contribution is -2.27. The van der Waals surface area contributed by atoms with Crippen molar-refractivity contribution in [3.05, 3.63) is 84.2 Å². The number of nitrogens with zero attached hydrogens (tertiary/aromatic N) is 3. The summed E-state index contributed by atoms with van der Waals surface area (Å²) in [6.07, 6.45) is 4.75. The van der Waals surface area contributed by atoms with Crippen molar-refractivity contribution < 1.29 is 4.79 Å². The third kappa shape index (κ3) is 5.28. The van der Waals surface area contributed by atoms with Crippen molar-refractivity contribution in [1.82, 2.24) is 19.9 Å². The Labute approximate surface area is 183 Å². The summed E-state index contributed by atoms with van der Waals surface area (Å²) in [5, 5.41) is 3.92. The van der Waals surface area contributed by atoms with Crippen LogP contribution >= 0.6 is 0 Å². The second-order valence-corrected chi connectivity index (χ2v) is 7.43. The number of rotatable bonds is 5. The molecule has 4 rings (SSSR count). The van der Waals surface area contributed by atoms with E-state index < -0.39 is 0 Å². The molecule has 6 nitrogen and oxygen atoms in total. The number of benzene rings is 2. The molecule has 0 aliphatic heterocycles. The molecular formula is C25H29N5O. The fraction of sp³-hybridized carbons (Fsp3) is 0.240. The molecule has 1 amide bonds. The van der Waals surface area contributed by atoms with Gasteiger partial charge >= 0.3 is 0 Å². The quantitative estimate of drug-likeness (QED) is 0.483. The number of carbonyl (C=O) groups excluding carboxylic acids is 1. The van der Waals surface area contributed by atoms with Gasteiger partial charge in [0.2, 0.25) is 5.95 Å². The van der Waals surface area contributed by atoms with Crippen LogP contribution in [0.2, 0.25) is 0 Å². The Morgan fingerprint density at radius 2 is 1.81 bits per heavy atom. The van der Waals surface area contributed by atoms with Crippen LogP contribution in [0.1, 0.15) is 49.0 Å². The van der Waals surface area contributed by atoms with Gasteiger partial charge in [0.1, 0.15) is 5.82 Å². The van der Waals surface area contributed by atoms with E-state index in [4.69, 9.17) is 5.73 Å². The number of aromatic nitrogens is 3. The van der Waals surface area contributed by atoms with Crippen LogP contribution in [0, 0.1) is 0 Å². The maximum atomic E-state index is 12.8. The zero-order valence-corrected chi connectivity index (χ0v) is 18.2. The highest BCUT2D eigenvalue weighted by Crippen LogP contribution is 2.23. The van der Waals surface area contributed by atoms with Crippen molar-refractivity contribution in [2.75, 3.05) is 12.3 Å². The van der Waals surface area contributed by atoms with Gasteiger partial charge in [-0.25, -0.2) is 4.98 Å². The zero-order chi connectivity index (χ0) is 22.2. The number of hydrogen-bond donors (Lipinski definition) is 2. The van der Waals surface area contributed by atoms with E-state index in [0.29, 0.717) is 17.9 Å². The van der Waals surface area contributed by atoms with Gasteiger partial charge in [-0.1, -0.05) is 63.6 Å². The first-order chi connectivity index (χ1) is 15.0. The van der Waals surface area contributed by atoms with Crippen LogP contribution < -0.4 is 11.1 Å². The van der Waals surface area contributed by atoms with Crippen LogP contribution in [0.25, 0.3) is 16.7 Å². The highest BCUT2D eigenvalue weighted by atomic mass is 16.1. The molecule has 6 heteroatoms. The van der Waals surface area contributed by atoms with Crippen LogP contribution in [-0.2, 0) is 0 Å². The van der Waals surface area contributed by atoms with E-state index in [1.165, 1.54) is 12.0 Å². The van der Waals surface area contributed by atoms with Gasteiger partial charge in [-0.15, -0.1) is 0 Å². The Bertz CT molecular complexity index is 1140. The summed E-state index contributed by atoms with van der Waals surface area (Å²) in [5.74, 6) is 1.02. The molecule has 0 bridgehead atoms. The van der Waals surface area contributed by atoms with Crippen molar-refractivity contribution in [2.45, 2.75) is 33.1 Å². The first-order valence-corrected chi connectivity index (χ1v) is 10.6. The van der Waals surface area contributed by atoms with Crippen molar-refractivity contribution in [1.29, 1.82) is 0 Å². The summed E-state index contributed by atoms with van der Waals surface area (Å²) in [6.45, 7) is 6.93. The lowest BCUT2D eigenvalue weighted by Gasteiger charge is -2.13. The number of nitrogens with two attached hydrogens (primary N) is 1. The molecule has 0 aliphatic carbocycles. The van der Waals surface area contributed by atoms with E-state index in [2.05, 4.69) is 48.2 Å². The van der Waals surface area contributed by atoms with Gasteiger partial charge in [0.15, 0.2) is 0 Å². The van der Waals surface area contributed by atoms with Crippen molar-refractivity contribution in [2.24, 2.45) is 0 Å². The predicted octanol–water partition coefficient (Wildman–Crippen LogP) is 4.95. The lowest BCUT2D eigenvalue weighted by molar-refractivity contribution is 0.0953. The predicted molar refractivity (Wildman–Crippen MR) is 126 cm³/mol. The van der Waals surface area contributed by atoms with Gasteiger partial charge in [0.25, 0.3) is 5.91 Å². The lowest BCUT2D eigenvalue weighted by atomic mass is 10.0. The summed E-state index contributed by atoms with van der Waals surface area (Å²) in [5.41, 5.74) is 8.43. The largest absolute Gasteiger partial charge is 0.368 e. The highest BCUT2D eigenvalue weighted by molar-refractivity contribution is 6.06. The summed E-state index contributed by atoms with van der Waals surface area (Å²) >= 11 is 0. The topological polar surface area (TPSA) is 85.8 Å². The maximum absolute atomic E-state index is 12.8. The van der Waals surface area contributed by atoms with Gasteiger partial charge in [-0.05, 0) is 35.7 Å². The third-order valence-electron chi connectivity index (χ3n) is 4.82. The van der Waals surface area contributed by atoms with Gasteiger partial charge in [-0.2, -0.15) is 4.98 Å². The van der Waals surface area contributed by atoms with E-state index in [-0.39, 0.29) is 17.8 Å². The van der Waals surface area contributed by atoms with E-state index >= 15 is 0 Å². The molecule has 2 aromatic carbocycles. The summed E-state index contributed by atoms with van der Waals surface area (Å²) in [4.78, 5) is 21.0. The summed E-state index contributed by atoms with van der Waals surface area (Å²) < 4.78 is 1.90. The first-order valence-electron chi connectivity index (χ1n) is 10.6. The molecule has 0 spiro atoms. The molecule has 4 aromatic rings. The molecule has 160 valence electrons. The molecule has 1 unspecified atom stereocenters. The SMILES string of the molecule is CC(CNC(=O)c1cccc2c1ccn2-c1ccnc(N)n1)c1ccccc1.CCC. The smallest absolute Gasteiger partial charge is 0.251 e. The minimum atomic E-state index is -0.0895. The molecule has 0 saturated carbocycles. The Balaban J connectivity index is 0.000000858. The molecule has 2 heterocycles. The van der Waals surface area contributed by atoms with E-state index in [9.17, 15) is 4.79 Å². The van der Waals surface area contributed by atoms with Crippen LogP contribution in [0.15, 0.2) is 73.1 Å². The third-order valence-corrected chi connectivity index (χ3v) is 4.82. The summed E-state index contributed by atoms with van der Waals surface area (Å²) in [6, 6.07) is 19.5. The van der Waals surface area contributed by atoms with Crippen LogP contribution in [0.3, 0.4) is 0 Å². The van der Waals surface area contributed by atoms with E-state index in [1.54, 1.807) is 12.3 Å². The zero-order valence-electron chi connectivity index (χ0n) is 18.2. The molecule has 0 fully saturated rings. The standard InChI is InChI=1S/C22H21N5O.C3H8/c1-15(16-6-3-2-4-7-16)14-25-21(28)18-8-5-9-19-17(18)11-13-27(19)20-10-12-24-22(23)26-20;1-3-2/h2-13,15H,14H2,1H3,(H,25,28)(H2,23,24,26);3H2,1-2H3. The van der Waals surface area contributed by atoms with Gasteiger partial charge in [0, 0.05) is 29.9 Å². The molecule has 1 atom stereocenters. The Kier molecular flexibility index (Phi) is 7.38. The minimum absolute atomic E-state index is 0.0895. The Hall–Kier alpha value is -3.67. The van der Waals surface area contributed by atoms with Crippen molar-refractivity contribution >= 4 is 22.8 Å². The molecular weight excluding hydrogens is 386 g/mol. The number of nitrogens with one attached hydrogen (secondary N) is 1. The van der Waals surface area contributed by atoms with Crippen molar-refractivity contribution in [3.8, 4) is 5.82 Å². The second-order valence-electron chi connectivity index (χ2n) is 7.43. The molecule has 0 aliphatic rings. The molecule has 0 saturated heterocycles. The minimum Gasteiger partial charge on any atom is -0.368 e. The molecule has 3 N–H and O–H groups in total. The number of nitrogen functional groups attached to an aromatic ring is 1. The molecule has 31 heavy (non-hydrogen) atoms. The van der Waals surface area contributed by atoms with E-state index in [0.717, 1.165) is 10.9 Å². The Morgan fingerprint density at radius 3 is 2.52 bits per heavy atom. The number of anilines is 1. The summed E-state index contributed by atoms with van der Waals surface area (Å²) in [7, 11) is 0. The van der Waals surface area contributed by atoms with Gasteiger partial charge in [0.05, 0.1) is 5.52 Å². The van der Waals surface area contributed by atoms with Crippen LogP contribution in [-0.4, -0.2) is 27.0 Å². The normalized spacial score (nSPS) is 11.5. The number of amides is 1. The average Bonchev–Trinajstić information content (AvgIpc) is 3.23.